The minimum absolute atomic E-state index is 0.154. The largest absolute Gasteiger partial charge is 0.484 e. The zero-order valence-electron chi connectivity index (χ0n) is 21.8. The fourth-order valence-corrected chi connectivity index (χ4v) is 3.71. The molecule has 2 N–H and O–H groups in total. The highest BCUT2D eigenvalue weighted by molar-refractivity contribution is 5.95. The van der Waals surface area contributed by atoms with Gasteiger partial charge in [0.2, 0.25) is 0 Å². The number of carbonyl (C=O) groups is 4. The maximum absolute atomic E-state index is 13.0. The average Bonchev–Trinajstić information content (AvgIpc) is 2.89. The van der Waals surface area contributed by atoms with Crippen LogP contribution in [0.25, 0.3) is 0 Å². The molecule has 0 spiro atoms. The first-order valence-corrected chi connectivity index (χ1v) is 12.4. The van der Waals surface area contributed by atoms with Crippen molar-refractivity contribution in [3.05, 3.63) is 66.2 Å². The van der Waals surface area contributed by atoms with Gasteiger partial charge in [0, 0.05) is 13.1 Å². The lowest BCUT2D eigenvalue weighted by Gasteiger charge is -2.37. The molecule has 1 aliphatic heterocycles. The highest BCUT2D eigenvalue weighted by atomic mass is 16.6. The molecule has 0 bridgehead atoms. The number of hydrogen-bond donors (Lipinski definition) is 2. The molecule has 11 heteroatoms. The van der Waals surface area contributed by atoms with E-state index in [1.54, 1.807) is 49.9 Å². The van der Waals surface area contributed by atoms with Crippen LogP contribution in [0.2, 0.25) is 0 Å². The van der Waals surface area contributed by atoms with Crippen molar-refractivity contribution in [1.29, 1.82) is 0 Å². The highest BCUT2D eigenvalue weighted by Crippen LogP contribution is 2.18. The number of piperidine rings is 1. The van der Waals surface area contributed by atoms with E-state index in [1.807, 2.05) is 36.4 Å². The number of nitrogens with one attached hydrogen (secondary N) is 2. The molecule has 204 valence electrons. The molecule has 11 nitrogen and oxygen atoms in total. The molecule has 1 saturated heterocycles. The van der Waals surface area contributed by atoms with E-state index in [-0.39, 0.29) is 13.2 Å². The second-order valence-corrected chi connectivity index (χ2v) is 9.70. The number of likely N-dealkylation sites (tertiary alicyclic amines) is 1. The Kier molecular flexibility index (Phi) is 9.92. The van der Waals surface area contributed by atoms with Gasteiger partial charge in [-0.3, -0.25) is 10.1 Å². The van der Waals surface area contributed by atoms with Crippen molar-refractivity contribution in [2.75, 3.05) is 19.7 Å². The van der Waals surface area contributed by atoms with E-state index in [2.05, 4.69) is 10.7 Å². The van der Waals surface area contributed by atoms with Gasteiger partial charge in [-0.1, -0.05) is 48.5 Å². The van der Waals surface area contributed by atoms with E-state index in [1.165, 1.54) is 0 Å². The van der Waals surface area contributed by atoms with Gasteiger partial charge in [0.15, 0.2) is 6.61 Å². The molecule has 1 heterocycles. The van der Waals surface area contributed by atoms with Crippen LogP contribution >= 0.6 is 0 Å². The van der Waals surface area contributed by atoms with Gasteiger partial charge in [0.25, 0.3) is 5.91 Å². The van der Waals surface area contributed by atoms with Crippen LogP contribution in [0.15, 0.2) is 60.7 Å². The minimum atomic E-state index is -0.842. The first-order chi connectivity index (χ1) is 18.1. The quantitative estimate of drug-likeness (QED) is 0.548. The Balaban J connectivity index is 1.57. The van der Waals surface area contributed by atoms with Crippen molar-refractivity contribution < 1.29 is 33.4 Å². The first kappa shape index (κ1) is 28.3. The Labute approximate surface area is 222 Å². The number of nitrogens with zero attached hydrogens (tertiary/aromatic N) is 2. The standard InChI is InChI=1S/C27H34N4O7/c1-27(2,3)38-25(34)29-31(24(33)28-23(32)19-36-22-12-8-5-9-13-22)21-14-16-30(17-15-21)26(35)37-18-20-10-6-4-7-11-20/h4-13,21H,14-19H2,1-3H3,(H,29,34)(H,28,32,33). The molecule has 0 radical (unpaired) electrons. The van der Waals surface area contributed by atoms with Gasteiger partial charge in [-0.25, -0.2) is 24.8 Å². The van der Waals surface area contributed by atoms with Crippen LogP contribution in [0.5, 0.6) is 5.75 Å². The third kappa shape index (κ3) is 9.30. The number of rotatable bonds is 6. The SMILES string of the molecule is CC(C)(C)OC(=O)NN(C(=O)NC(=O)COc1ccccc1)C1CCN(C(=O)OCc2ccccc2)CC1. The smallest absolute Gasteiger partial charge is 0.426 e. The van der Waals surface area contributed by atoms with Crippen molar-refractivity contribution in [1.82, 2.24) is 20.7 Å². The Morgan fingerprint density at radius 3 is 2.16 bits per heavy atom. The lowest BCUT2D eigenvalue weighted by molar-refractivity contribution is -0.122. The van der Waals surface area contributed by atoms with E-state index in [4.69, 9.17) is 14.2 Å². The van der Waals surface area contributed by atoms with E-state index in [0.29, 0.717) is 31.7 Å². The summed E-state index contributed by atoms with van der Waals surface area (Å²) in [5, 5.41) is 3.28. The molecule has 0 aromatic heterocycles. The number of hydrazine groups is 1. The summed E-state index contributed by atoms with van der Waals surface area (Å²) in [4.78, 5) is 51.9. The Morgan fingerprint density at radius 2 is 1.55 bits per heavy atom. The van der Waals surface area contributed by atoms with Gasteiger partial charge in [-0.15, -0.1) is 0 Å². The van der Waals surface area contributed by atoms with Gasteiger partial charge in [-0.05, 0) is 51.3 Å². The van der Waals surface area contributed by atoms with Crippen molar-refractivity contribution in [3.63, 3.8) is 0 Å². The fraction of sp³-hybridized carbons (Fsp3) is 0.407. The summed E-state index contributed by atoms with van der Waals surface area (Å²) in [5.74, 6) is -0.206. The molecule has 1 fully saturated rings. The third-order valence-electron chi connectivity index (χ3n) is 5.48. The highest BCUT2D eigenvalue weighted by Gasteiger charge is 2.33. The van der Waals surface area contributed by atoms with Gasteiger partial charge >= 0.3 is 18.2 Å². The summed E-state index contributed by atoms with van der Waals surface area (Å²) in [6, 6.07) is 16.7. The molecule has 0 atom stereocenters. The van der Waals surface area contributed by atoms with Crippen LogP contribution in [-0.2, 0) is 20.9 Å². The minimum Gasteiger partial charge on any atom is -0.484 e. The molecule has 2 aromatic carbocycles. The van der Waals surface area contributed by atoms with E-state index < -0.39 is 35.8 Å². The topological polar surface area (TPSA) is 127 Å². The monoisotopic (exact) mass is 526 g/mol. The van der Waals surface area contributed by atoms with Crippen LogP contribution in [0.1, 0.15) is 39.2 Å². The number of hydrogen-bond acceptors (Lipinski definition) is 7. The van der Waals surface area contributed by atoms with E-state index in [9.17, 15) is 19.2 Å². The van der Waals surface area contributed by atoms with Crippen LogP contribution in [0.4, 0.5) is 14.4 Å². The molecule has 38 heavy (non-hydrogen) atoms. The normalized spacial score (nSPS) is 13.7. The van der Waals surface area contributed by atoms with Gasteiger partial charge in [-0.2, -0.15) is 0 Å². The van der Waals surface area contributed by atoms with Crippen LogP contribution < -0.4 is 15.5 Å². The van der Waals surface area contributed by atoms with Gasteiger partial charge in [0.05, 0.1) is 6.04 Å². The lowest BCUT2D eigenvalue weighted by Crippen LogP contribution is -2.60. The van der Waals surface area contributed by atoms with Crippen molar-refractivity contribution in [3.8, 4) is 5.75 Å². The van der Waals surface area contributed by atoms with Gasteiger partial charge in [0.1, 0.15) is 18.0 Å². The third-order valence-corrected chi connectivity index (χ3v) is 5.48. The maximum atomic E-state index is 13.0. The van der Waals surface area contributed by atoms with Gasteiger partial charge < -0.3 is 19.1 Å². The summed E-state index contributed by atoms with van der Waals surface area (Å²) >= 11 is 0. The average molecular weight is 527 g/mol. The predicted octanol–water partition coefficient (Wildman–Crippen LogP) is 3.84. The summed E-state index contributed by atoms with van der Waals surface area (Å²) in [5.41, 5.74) is 2.53. The second kappa shape index (κ2) is 13.3. The van der Waals surface area contributed by atoms with Crippen LogP contribution in [0.3, 0.4) is 0 Å². The van der Waals surface area contributed by atoms with Crippen LogP contribution in [-0.4, -0.2) is 65.4 Å². The van der Waals surface area contributed by atoms with E-state index >= 15 is 0 Å². The maximum Gasteiger partial charge on any atom is 0.426 e. The molecule has 1 aliphatic rings. The Bertz CT molecular complexity index is 1080. The van der Waals surface area contributed by atoms with Crippen LogP contribution in [0, 0.1) is 0 Å². The molecule has 0 saturated carbocycles. The zero-order chi connectivity index (χ0) is 27.5. The number of carbonyl (C=O) groups excluding carboxylic acids is 4. The number of benzene rings is 2. The van der Waals surface area contributed by atoms with Crippen molar-refractivity contribution >= 4 is 24.1 Å². The summed E-state index contributed by atoms with van der Waals surface area (Å²) in [6.45, 7) is 5.44. The number of imide groups is 1. The molecular formula is C27H34N4O7. The number of ether oxygens (including phenoxy) is 3. The lowest BCUT2D eigenvalue weighted by atomic mass is 10.1. The molecular weight excluding hydrogens is 492 g/mol. The summed E-state index contributed by atoms with van der Waals surface area (Å²) < 4.78 is 16.1. The first-order valence-electron chi connectivity index (χ1n) is 12.4. The molecule has 5 amide bonds. The molecule has 0 aliphatic carbocycles. The van der Waals surface area contributed by atoms with E-state index in [0.717, 1.165) is 10.6 Å². The number of amides is 5. The molecule has 3 rings (SSSR count). The molecule has 2 aromatic rings. The number of urea groups is 1. The zero-order valence-corrected chi connectivity index (χ0v) is 21.8. The Morgan fingerprint density at radius 1 is 0.947 bits per heavy atom. The predicted molar refractivity (Wildman–Crippen MR) is 138 cm³/mol. The summed E-state index contributed by atoms with van der Waals surface area (Å²) in [6.07, 6.45) is -0.613. The van der Waals surface area contributed by atoms with Crippen molar-refractivity contribution in [2.45, 2.75) is 51.9 Å². The molecule has 0 unspecified atom stereocenters. The van der Waals surface area contributed by atoms with Crippen molar-refractivity contribution in [2.24, 2.45) is 0 Å². The fourth-order valence-electron chi connectivity index (χ4n) is 3.71. The number of para-hydroxylation sites is 1. The summed E-state index contributed by atoms with van der Waals surface area (Å²) in [7, 11) is 0. The Hall–Kier alpha value is -4.28. The second-order valence-electron chi connectivity index (χ2n) is 9.70.